The van der Waals surface area contributed by atoms with Gasteiger partial charge < -0.3 is 15.7 Å². The molecule has 0 heterocycles. The zero-order chi connectivity index (χ0) is 18.6. The maximum Gasteiger partial charge on any atom is 0.306 e. The molecule has 134 valence electrons. The quantitative estimate of drug-likeness (QED) is 0.519. The number of carboxylic acids is 1. The van der Waals surface area contributed by atoms with Gasteiger partial charge in [0.15, 0.2) is 0 Å². The van der Waals surface area contributed by atoms with Gasteiger partial charge in [-0.2, -0.15) is 0 Å². The van der Waals surface area contributed by atoms with Crippen molar-refractivity contribution in [1.82, 2.24) is 10.6 Å². The molecule has 0 spiro atoms. The van der Waals surface area contributed by atoms with E-state index in [1.807, 2.05) is 0 Å². The van der Waals surface area contributed by atoms with Gasteiger partial charge in [0.05, 0.1) is 10.8 Å². The molecule has 0 bridgehead atoms. The second-order valence-corrected chi connectivity index (χ2v) is 6.06. The van der Waals surface area contributed by atoms with Gasteiger partial charge in [-0.05, 0) is 32.3 Å². The molecular weight excluding hydrogens is 330 g/mol. The number of nitro groups is 1. The molecule has 0 radical (unpaired) electrons. The summed E-state index contributed by atoms with van der Waals surface area (Å²) in [5.74, 6) is -2.35. The molecule has 1 aliphatic rings. The van der Waals surface area contributed by atoms with Gasteiger partial charge in [-0.25, -0.2) is 0 Å². The first-order valence-electron chi connectivity index (χ1n) is 7.86. The third kappa shape index (κ3) is 4.75. The summed E-state index contributed by atoms with van der Waals surface area (Å²) in [7, 11) is 0. The number of nitrogens with zero attached hydrogens (tertiary/aromatic N) is 1. The van der Waals surface area contributed by atoms with Crippen LogP contribution < -0.4 is 10.6 Å². The first-order valence-corrected chi connectivity index (χ1v) is 7.86. The lowest BCUT2D eigenvalue weighted by Gasteiger charge is -2.18. The van der Waals surface area contributed by atoms with Crippen LogP contribution in [-0.2, 0) is 9.59 Å². The lowest BCUT2D eigenvalue weighted by molar-refractivity contribution is -0.384. The molecule has 2 rings (SSSR count). The van der Waals surface area contributed by atoms with Gasteiger partial charge >= 0.3 is 5.97 Å². The van der Waals surface area contributed by atoms with Crippen LogP contribution in [-0.4, -0.2) is 39.9 Å². The predicted octanol–water partition coefficient (Wildman–Crippen LogP) is 1.08. The number of amides is 2. The molecule has 0 aliphatic heterocycles. The Kier molecular flexibility index (Phi) is 5.68. The Morgan fingerprint density at radius 3 is 2.64 bits per heavy atom. The number of nitrogens with one attached hydrogen (secondary N) is 2. The number of hydrogen-bond acceptors (Lipinski definition) is 5. The van der Waals surface area contributed by atoms with Crippen LogP contribution in [0.1, 0.15) is 36.5 Å². The van der Waals surface area contributed by atoms with Crippen LogP contribution in [0.25, 0.3) is 0 Å². The van der Waals surface area contributed by atoms with E-state index in [-0.39, 0.29) is 17.3 Å². The maximum absolute atomic E-state index is 12.1. The van der Waals surface area contributed by atoms with E-state index >= 15 is 0 Å². The highest BCUT2D eigenvalue weighted by molar-refractivity contribution is 5.97. The van der Waals surface area contributed by atoms with Crippen LogP contribution in [0.5, 0.6) is 0 Å². The number of hydrogen-bond donors (Lipinski definition) is 3. The fourth-order valence-corrected chi connectivity index (χ4v) is 2.77. The van der Waals surface area contributed by atoms with Crippen LogP contribution in [0.3, 0.4) is 0 Å². The molecule has 1 aromatic carbocycles. The summed E-state index contributed by atoms with van der Waals surface area (Å²) >= 11 is 0. The lowest BCUT2D eigenvalue weighted by atomic mass is 10.1. The smallest absolute Gasteiger partial charge is 0.306 e. The minimum absolute atomic E-state index is 0.0839. The van der Waals surface area contributed by atoms with Gasteiger partial charge in [0.1, 0.15) is 6.04 Å². The van der Waals surface area contributed by atoms with Gasteiger partial charge in [-0.3, -0.25) is 24.5 Å². The molecule has 0 saturated heterocycles. The van der Waals surface area contributed by atoms with E-state index in [1.165, 1.54) is 25.1 Å². The lowest BCUT2D eigenvalue weighted by Crippen LogP contribution is -2.47. The van der Waals surface area contributed by atoms with Crippen molar-refractivity contribution in [2.75, 3.05) is 0 Å². The molecule has 0 aromatic heterocycles. The van der Waals surface area contributed by atoms with E-state index in [4.69, 9.17) is 5.11 Å². The van der Waals surface area contributed by atoms with E-state index in [2.05, 4.69) is 10.6 Å². The number of rotatable bonds is 6. The van der Waals surface area contributed by atoms with Gasteiger partial charge in [0.25, 0.3) is 11.6 Å². The average molecular weight is 349 g/mol. The van der Waals surface area contributed by atoms with Crippen molar-refractivity contribution in [1.29, 1.82) is 0 Å². The zero-order valence-corrected chi connectivity index (χ0v) is 13.6. The van der Waals surface area contributed by atoms with Crippen molar-refractivity contribution < 1.29 is 24.4 Å². The third-order valence-corrected chi connectivity index (χ3v) is 4.19. The Labute approximate surface area is 143 Å². The first kappa shape index (κ1) is 18.4. The normalized spacial score (nSPS) is 20.5. The van der Waals surface area contributed by atoms with Crippen LogP contribution in [0.2, 0.25) is 0 Å². The molecule has 1 aromatic rings. The molecular formula is C16H19N3O6. The van der Waals surface area contributed by atoms with Gasteiger partial charge in [0.2, 0.25) is 5.91 Å². The van der Waals surface area contributed by atoms with Crippen molar-refractivity contribution >= 4 is 23.5 Å². The Hall–Kier alpha value is -2.97. The number of carbonyl (C=O) groups excluding carboxylic acids is 2. The number of benzene rings is 1. The summed E-state index contributed by atoms with van der Waals surface area (Å²) in [6.45, 7) is 1.49. The summed E-state index contributed by atoms with van der Waals surface area (Å²) < 4.78 is 0. The molecule has 1 saturated carbocycles. The van der Waals surface area contributed by atoms with E-state index in [0.717, 1.165) is 6.07 Å². The number of non-ortho nitro benzene ring substituents is 1. The molecule has 2 amide bonds. The largest absolute Gasteiger partial charge is 0.481 e. The van der Waals surface area contributed by atoms with Gasteiger partial charge in [0, 0.05) is 23.7 Å². The van der Waals surface area contributed by atoms with Crippen molar-refractivity contribution in [3.63, 3.8) is 0 Å². The minimum Gasteiger partial charge on any atom is -0.481 e. The van der Waals surface area contributed by atoms with Crippen LogP contribution >= 0.6 is 0 Å². The molecule has 25 heavy (non-hydrogen) atoms. The Morgan fingerprint density at radius 2 is 2.04 bits per heavy atom. The summed E-state index contributed by atoms with van der Waals surface area (Å²) in [5, 5.41) is 24.9. The monoisotopic (exact) mass is 349 g/mol. The maximum atomic E-state index is 12.1. The zero-order valence-electron chi connectivity index (χ0n) is 13.6. The molecule has 1 aliphatic carbocycles. The molecule has 3 atom stereocenters. The Bertz CT molecular complexity index is 705. The van der Waals surface area contributed by atoms with E-state index in [9.17, 15) is 24.5 Å². The summed E-state index contributed by atoms with van der Waals surface area (Å²) in [6.07, 6.45) is 1.45. The highest BCUT2D eigenvalue weighted by atomic mass is 16.6. The third-order valence-electron chi connectivity index (χ3n) is 4.19. The molecule has 9 heteroatoms. The first-order chi connectivity index (χ1) is 11.8. The highest BCUT2D eigenvalue weighted by Gasteiger charge is 2.31. The van der Waals surface area contributed by atoms with E-state index in [0.29, 0.717) is 19.3 Å². The summed E-state index contributed by atoms with van der Waals surface area (Å²) in [5.41, 5.74) is -0.129. The minimum atomic E-state index is -0.872. The number of carbonyl (C=O) groups is 3. The topological polar surface area (TPSA) is 139 Å². The van der Waals surface area contributed by atoms with Gasteiger partial charge in [-0.1, -0.05) is 6.07 Å². The molecule has 3 N–H and O–H groups in total. The second-order valence-electron chi connectivity index (χ2n) is 6.06. The van der Waals surface area contributed by atoms with Crippen molar-refractivity contribution in [3.05, 3.63) is 39.9 Å². The number of aliphatic carboxylic acids is 1. The van der Waals surface area contributed by atoms with E-state index < -0.39 is 34.7 Å². The van der Waals surface area contributed by atoms with Crippen molar-refractivity contribution in [2.45, 2.75) is 38.3 Å². The number of nitro benzene ring substituents is 1. The summed E-state index contributed by atoms with van der Waals surface area (Å²) in [4.78, 5) is 45.3. The van der Waals surface area contributed by atoms with Crippen LogP contribution in [0, 0.1) is 16.0 Å². The Balaban J connectivity index is 1.90. The predicted molar refractivity (Wildman–Crippen MR) is 86.9 cm³/mol. The fraction of sp³-hybridized carbons (Fsp3) is 0.438. The van der Waals surface area contributed by atoms with Gasteiger partial charge in [-0.15, -0.1) is 0 Å². The molecule has 1 fully saturated rings. The van der Waals surface area contributed by atoms with Crippen LogP contribution in [0.15, 0.2) is 24.3 Å². The fourth-order valence-electron chi connectivity index (χ4n) is 2.77. The SMILES string of the molecule is CC(NC(=O)c1cccc([N+](=O)[O-])c1)C(=O)N[C@@H]1CC[C@H](C(=O)O)C1. The highest BCUT2D eigenvalue weighted by Crippen LogP contribution is 2.25. The van der Waals surface area contributed by atoms with Crippen molar-refractivity contribution in [3.8, 4) is 0 Å². The number of carboxylic acid groups (broad SMARTS) is 1. The second kappa shape index (κ2) is 7.73. The summed E-state index contributed by atoms with van der Waals surface area (Å²) in [6, 6.07) is 4.13. The standard InChI is InChI=1S/C16H19N3O6/c1-9(14(20)18-12-6-5-11(7-12)16(22)23)17-15(21)10-3-2-4-13(8-10)19(24)25/h2-4,8-9,11-12H,5-7H2,1H3,(H,17,21)(H,18,20)(H,22,23)/t9?,11-,12+/m0/s1. The average Bonchev–Trinajstić information content (AvgIpc) is 3.03. The molecule has 9 nitrogen and oxygen atoms in total. The Morgan fingerprint density at radius 1 is 1.32 bits per heavy atom. The van der Waals surface area contributed by atoms with Crippen LogP contribution in [0.4, 0.5) is 5.69 Å². The van der Waals surface area contributed by atoms with Crippen molar-refractivity contribution in [2.24, 2.45) is 5.92 Å². The molecule has 1 unspecified atom stereocenters. The van der Waals surface area contributed by atoms with E-state index in [1.54, 1.807) is 0 Å².